The van der Waals surface area contributed by atoms with Crippen LogP contribution in [0.25, 0.3) is 0 Å². The lowest BCUT2D eigenvalue weighted by atomic mass is 9.88. The van der Waals surface area contributed by atoms with Gasteiger partial charge in [0.25, 0.3) is 5.91 Å². The van der Waals surface area contributed by atoms with E-state index in [1.54, 1.807) is 6.92 Å². The molecule has 2 N–H and O–H groups in total. The average Bonchev–Trinajstić information content (AvgIpc) is 3.14. The first-order chi connectivity index (χ1) is 15.8. The molecule has 1 aromatic heterocycles. The Kier molecular flexibility index (Phi) is 8.15. The van der Waals surface area contributed by atoms with Gasteiger partial charge in [0.2, 0.25) is 5.75 Å². The molecule has 1 aliphatic carbocycles. The second-order valence-electron chi connectivity index (χ2n) is 7.60. The Hall–Kier alpha value is -2.85. The van der Waals surface area contributed by atoms with E-state index in [0.29, 0.717) is 33.7 Å². The van der Waals surface area contributed by atoms with Crippen LogP contribution in [0.1, 0.15) is 51.4 Å². The second-order valence-corrected chi connectivity index (χ2v) is 9.11. The molecule has 0 saturated carbocycles. The summed E-state index contributed by atoms with van der Waals surface area (Å²) in [5, 5.41) is 6.35. The van der Waals surface area contributed by atoms with Gasteiger partial charge < -0.3 is 24.3 Å². The van der Waals surface area contributed by atoms with Crippen LogP contribution in [0, 0.1) is 5.92 Å². The number of esters is 1. The molecule has 1 amide bonds. The highest BCUT2D eigenvalue weighted by Gasteiger charge is 2.29. The van der Waals surface area contributed by atoms with Gasteiger partial charge in [-0.25, -0.2) is 4.79 Å². The van der Waals surface area contributed by atoms with Gasteiger partial charge in [0.15, 0.2) is 16.6 Å². The van der Waals surface area contributed by atoms with Crippen LogP contribution in [0.5, 0.6) is 17.2 Å². The Morgan fingerprint density at radius 2 is 1.82 bits per heavy atom. The van der Waals surface area contributed by atoms with Gasteiger partial charge in [0.05, 0.1) is 33.5 Å². The van der Waals surface area contributed by atoms with E-state index < -0.39 is 5.91 Å². The first-order valence-electron chi connectivity index (χ1n) is 10.6. The van der Waals surface area contributed by atoms with Crippen LogP contribution < -0.4 is 24.8 Å². The maximum absolute atomic E-state index is 12.9. The van der Waals surface area contributed by atoms with Gasteiger partial charge in [-0.3, -0.25) is 10.1 Å². The first kappa shape index (κ1) is 24.8. The maximum Gasteiger partial charge on any atom is 0.341 e. The van der Waals surface area contributed by atoms with Crippen LogP contribution in [0.2, 0.25) is 0 Å². The van der Waals surface area contributed by atoms with E-state index in [-0.39, 0.29) is 23.3 Å². The van der Waals surface area contributed by atoms with Crippen LogP contribution in [0.4, 0.5) is 5.00 Å². The molecule has 1 aliphatic rings. The number of hydrogen-bond acceptors (Lipinski definition) is 8. The molecule has 1 heterocycles. The fraction of sp³-hybridized carbons (Fsp3) is 0.435. The van der Waals surface area contributed by atoms with E-state index >= 15 is 0 Å². The largest absolute Gasteiger partial charge is 0.493 e. The number of amides is 1. The number of benzene rings is 1. The lowest BCUT2D eigenvalue weighted by Gasteiger charge is -2.18. The third kappa shape index (κ3) is 5.39. The van der Waals surface area contributed by atoms with Gasteiger partial charge in [0, 0.05) is 10.4 Å². The molecule has 1 aromatic carbocycles. The SMILES string of the molecule is CCOC(=O)c1c(NC(=S)NC(=O)c2cc(OC)c(OC)c(OC)c2)sc2c1CC[C@@H](C)C2. The molecule has 33 heavy (non-hydrogen) atoms. The topological polar surface area (TPSA) is 95.1 Å². The number of thiophene rings is 1. The minimum atomic E-state index is -0.459. The summed E-state index contributed by atoms with van der Waals surface area (Å²) in [6, 6.07) is 3.07. The van der Waals surface area contributed by atoms with Crippen molar-refractivity contribution in [2.24, 2.45) is 5.92 Å². The lowest BCUT2D eigenvalue weighted by Crippen LogP contribution is -2.34. The summed E-state index contributed by atoms with van der Waals surface area (Å²) in [6.45, 7) is 4.25. The van der Waals surface area contributed by atoms with Crippen molar-refractivity contribution in [1.29, 1.82) is 0 Å². The first-order valence-corrected chi connectivity index (χ1v) is 11.8. The molecule has 2 aromatic rings. The van der Waals surface area contributed by atoms with Crippen molar-refractivity contribution < 1.29 is 28.5 Å². The van der Waals surface area contributed by atoms with E-state index in [0.717, 1.165) is 29.7 Å². The molecule has 178 valence electrons. The normalized spacial score (nSPS) is 14.6. The van der Waals surface area contributed by atoms with Gasteiger partial charge >= 0.3 is 5.97 Å². The Balaban J connectivity index is 1.82. The fourth-order valence-corrected chi connectivity index (χ4v) is 5.44. The number of anilines is 1. The summed E-state index contributed by atoms with van der Waals surface area (Å²) >= 11 is 6.86. The minimum absolute atomic E-state index is 0.0749. The molecule has 0 unspecified atom stereocenters. The van der Waals surface area contributed by atoms with Gasteiger partial charge in [0.1, 0.15) is 5.00 Å². The second kappa shape index (κ2) is 10.8. The third-order valence-corrected chi connectivity index (χ3v) is 6.75. The zero-order valence-corrected chi connectivity index (χ0v) is 21.0. The predicted molar refractivity (Wildman–Crippen MR) is 131 cm³/mol. The van der Waals surface area contributed by atoms with Crippen molar-refractivity contribution in [1.82, 2.24) is 5.32 Å². The fourth-order valence-electron chi connectivity index (χ4n) is 3.78. The molecular formula is C23H28N2O6S2. The van der Waals surface area contributed by atoms with Crippen molar-refractivity contribution in [2.75, 3.05) is 33.3 Å². The molecular weight excluding hydrogens is 464 g/mol. The van der Waals surface area contributed by atoms with Crippen molar-refractivity contribution in [3.8, 4) is 17.2 Å². The number of nitrogens with one attached hydrogen (secondary N) is 2. The molecule has 0 spiro atoms. The molecule has 0 fully saturated rings. The Morgan fingerprint density at radius 1 is 1.15 bits per heavy atom. The summed E-state index contributed by atoms with van der Waals surface area (Å²) in [5.41, 5.74) is 1.80. The summed E-state index contributed by atoms with van der Waals surface area (Å²) in [5.74, 6) is 0.793. The highest BCUT2D eigenvalue weighted by molar-refractivity contribution is 7.80. The van der Waals surface area contributed by atoms with Gasteiger partial charge in [-0.05, 0) is 62.0 Å². The van der Waals surface area contributed by atoms with E-state index in [4.69, 9.17) is 31.2 Å². The van der Waals surface area contributed by atoms with E-state index in [9.17, 15) is 9.59 Å². The summed E-state index contributed by atoms with van der Waals surface area (Å²) < 4.78 is 21.2. The molecule has 1 atom stereocenters. The van der Waals surface area contributed by atoms with E-state index in [2.05, 4.69) is 17.6 Å². The maximum atomic E-state index is 12.9. The summed E-state index contributed by atoms with van der Waals surface area (Å²) in [7, 11) is 4.44. The number of carbonyl (C=O) groups is 2. The number of fused-ring (bicyclic) bond motifs is 1. The van der Waals surface area contributed by atoms with E-state index in [1.165, 1.54) is 44.8 Å². The third-order valence-electron chi connectivity index (χ3n) is 5.37. The number of hydrogen-bond donors (Lipinski definition) is 2. The average molecular weight is 493 g/mol. The minimum Gasteiger partial charge on any atom is -0.493 e. The van der Waals surface area contributed by atoms with E-state index in [1.807, 2.05) is 0 Å². The number of ether oxygens (including phenoxy) is 4. The van der Waals surface area contributed by atoms with Crippen molar-refractivity contribution >= 4 is 45.5 Å². The lowest BCUT2D eigenvalue weighted by molar-refractivity contribution is 0.0526. The summed E-state index contributed by atoms with van der Waals surface area (Å²) in [4.78, 5) is 26.7. The molecule has 10 heteroatoms. The number of carbonyl (C=O) groups excluding carboxylic acids is 2. The zero-order chi connectivity index (χ0) is 24.1. The van der Waals surface area contributed by atoms with Gasteiger partial charge in [-0.2, -0.15) is 0 Å². The quantitative estimate of drug-likeness (QED) is 0.439. The standard InChI is InChI=1S/C23H28N2O6S2/c1-6-31-22(27)18-14-8-7-12(2)9-17(14)33-21(18)25-23(32)24-20(26)13-10-15(28-3)19(30-5)16(11-13)29-4/h10-12H,6-9H2,1-5H3,(H2,24,25,26,32)/t12-/m1/s1. The van der Waals surface area contributed by atoms with Gasteiger partial charge in [-0.1, -0.05) is 6.92 Å². The van der Waals surface area contributed by atoms with Crippen LogP contribution in [-0.4, -0.2) is 44.9 Å². The Morgan fingerprint density at radius 3 is 2.39 bits per heavy atom. The Labute approximate surface area is 202 Å². The van der Waals surface area contributed by atoms with Crippen LogP contribution in [0.15, 0.2) is 12.1 Å². The van der Waals surface area contributed by atoms with Crippen molar-refractivity contribution in [3.63, 3.8) is 0 Å². The molecule has 8 nitrogen and oxygen atoms in total. The molecule has 0 saturated heterocycles. The van der Waals surface area contributed by atoms with Crippen molar-refractivity contribution in [3.05, 3.63) is 33.7 Å². The molecule has 0 aliphatic heterocycles. The molecule has 0 bridgehead atoms. The Bertz CT molecular complexity index is 1040. The van der Waals surface area contributed by atoms with Crippen LogP contribution >= 0.6 is 23.6 Å². The number of methoxy groups -OCH3 is 3. The number of thiocarbonyl (C=S) groups is 1. The van der Waals surface area contributed by atoms with Crippen LogP contribution in [0.3, 0.4) is 0 Å². The summed E-state index contributed by atoms with van der Waals surface area (Å²) in [6.07, 6.45) is 2.73. The van der Waals surface area contributed by atoms with Crippen molar-refractivity contribution in [2.45, 2.75) is 33.1 Å². The van der Waals surface area contributed by atoms with Gasteiger partial charge in [-0.15, -0.1) is 11.3 Å². The number of rotatable bonds is 7. The highest BCUT2D eigenvalue weighted by atomic mass is 32.1. The monoisotopic (exact) mass is 492 g/mol. The van der Waals surface area contributed by atoms with Crippen LogP contribution in [-0.2, 0) is 17.6 Å². The molecule has 0 radical (unpaired) electrons. The smallest absolute Gasteiger partial charge is 0.341 e. The highest BCUT2D eigenvalue weighted by Crippen LogP contribution is 2.40. The zero-order valence-electron chi connectivity index (χ0n) is 19.3. The predicted octanol–water partition coefficient (Wildman–Crippen LogP) is 4.20. The molecule has 3 rings (SSSR count).